The summed E-state index contributed by atoms with van der Waals surface area (Å²) in [5, 5.41) is 29.8. The van der Waals surface area contributed by atoms with Crippen molar-refractivity contribution in [3.05, 3.63) is 112 Å². The molecule has 2 aliphatic carbocycles. The number of piperazine rings is 1. The van der Waals surface area contributed by atoms with Crippen LogP contribution in [0.4, 0.5) is 5.82 Å². The Bertz CT molecular complexity index is 2780. The van der Waals surface area contributed by atoms with Crippen LogP contribution in [0.5, 0.6) is 11.5 Å². The average Bonchev–Trinajstić information content (AvgIpc) is 1.98. The molecule has 2 heterocycles. The summed E-state index contributed by atoms with van der Waals surface area (Å²) in [6.45, 7) is 16.0. The van der Waals surface area contributed by atoms with Gasteiger partial charge < -0.3 is 70.7 Å². The van der Waals surface area contributed by atoms with E-state index >= 15 is 0 Å². The first-order chi connectivity index (χ1) is 41.8. The topological polar surface area (TPSA) is 250 Å². The number of amides is 5. The van der Waals surface area contributed by atoms with Crippen LogP contribution >= 0.6 is 11.6 Å². The van der Waals surface area contributed by atoms with Crippen molar-refractivity contribution < 1.29 is 48.0 Å². The maximum absolute atomic E-state index is 14.1. The first-order valence-electron chi connectivity index (χ1n) is 30.9. The third-order valence-corrected chi connectivity index (χ3v) is 16.5. The molecule has 0 spiro atoms. The second kappa shape index (κ2) is 35.4. The Morgan fingerprint density at radius 2 is 1.57 bits per heavy atom. The highest BCUT2D eigenvalue weighted by atomic mass is 35.5. The van der Waals surface area contributed by atoms with Crippen molar-refractivity contribution >= 4 is 47.0 Å². The molecule has 2 fully saturated rings. The van der Waals surface area contributed by atoms with Gasteiger partial charge in [-0.2, -0.15) is 0 Å². The smallest absolute Gasteiger partial charge is 0.251 e. The molecule has 21 nitrogen and oxygen atoms in total. The number of aromatic nitrogens is 2. The standard InChI is InChI=1S/C64H92ClN11O10/c1-6-26-76(57(79)41-68-38-50-18-21-52(83-5)37-55(50)86-7-2)42-45(4)48-14-11-15-49(36-48)62(80)73-59(47-12-9-8-10-13-47)63(81)70-25-32-85-34-33-84-31-24-67-40-56(78)69-23-22-66-39-53(46-16-19-51(65)20-17-46)64(82)75-29-27-74(28-30-75)61-58-44(3)35-54(77)60(58)71-43-72-61/h11,14-21,36-37,43-45,47,53-54,59,66-68,77H,6-10,12-13,22-35,38-42H2,1-5H3,(H,69,78)(H,70,81)(H,73,80)/t44-,45?,53-,54-,59?/m1/s1. The molecule has 0 radical (unpaired) electrons. The minimum absolute atomic E-state index is 0.0107. The first-order valence-corrected chi connectivity index (χ1v) is 31.3. The molecule has 470 valence electrons. The van der Waals surface area contributed by atoms with Gasteiger partial charge in [-0.3, -0.25) is 24.0 Å². The van der Waals surface area contributed by atoms with Crippen molar-refractivity contribution in [2.75, 3.05) is 130 Å². The Morgan fingerprint density at radius 3 is 2.30 bits per heavy atom. The molecule has 7 rings (SSSR count). The van der Waals surface area contributed by atoms with Crippen LogP contribution in [0.3, 0.4) is 0 Å². The van der Waals surface area contributed by atoms with Crippen LogP contribution in [0.2, 0.25) is 5.02 Å². The third kappa shape index (κ3) is 20.0. The summed E-state index contributed by atoms with van der Waals surface area (Å²) in [6, 6.07) is 19.8. The van der Waals surface area contributed by atoms with Gasteiger partial charge in [0.25, 0.3) is 5.91 Å². The number of hydrogen-bond acceptors (Lipinski definition) is 16. The normalized spacial score (nSPS) is 17.1. The van der Waals surface area contributed by atoms with E-state index in [0.717, 1.165) is 72.3 Å². The Labute approximate surface area is 512 Å². The summed E-state index contributed by atoms with van der Waals surface area (Å²) in [5.74, 6) is 1.23. The summed E-state index contributed by atoms with van der Waals surface area (Å²) in [5.41, 5.74) is 4.89. The van der Waals surface area contributed by atoms with E-state index in [1.165, 1.54) is 6.33 Å². The summed E-state index contributed by atoms with van der Waals surface area (Å²) >= 11 is 6.21. The number of fused-ring (bicyclic) bond motifs is 1. The van der Waals surface area contributed by atoms with E-state index in [9.17, 15) is 29.1 Å². The summed E-state index contributed by atoms with van der Waals surface area (Å²) in [7, 11) is 1.61. The van der Waals surface area contributed by atoms with Crippen molar-refractivity contribution in [1.29, 1.82) is 0 Å². The molecule has 86 heavy (non-hydrogen) atoms. The highest BCUT2D eigenvalue weighted by Crippen LogP contribution is 2.43. The quantitative estimate of drug-likeness (QED) is 0.0282. The second-order valence-electron chi connectivity index (χ2n) is 22.5. The molecule has 22 heteroatoms. The molecular formula is C64H92ClN11O10. The number of methoxy groups -OCH3 is 1. The summed E-state index contributed by atoms with van der Waals surface area (Å²) < 4.78 is 22.6. The molecule has 5 atom stereocenters. The molecule has 2 unspecified atom stereocenters. The number of ether oxygens (including phenoxy) is 4. The van der Waals surface area contributed by atoms with Crippen LogP contribution in [0, 0.1) is 5.92 Å². The number of aliphatic hydroxyl groups is 1. The van der Waals surface area contributed by atoms with Crippen molar-refractivity contribution in [3.63, 3.8) is 0 Å². The van der Waals surface area contributed by atoms with Gasteiger partial charge in [-0.15, -0.1) is 0 Å². The van der Waals surface area contributed by atoms with Gasteiger partial charge in [0.2, 0.25) is 23.6 Å². The lowest BCUT2D eigenvalue weighted by Gasteiger charge is -2.38. The number of halogens is 1. The minimum Gasteiger partial charge on any atom is -0.497 e. The maximum Gasteiger partial charge on any atom is 0.251 e. The van der Waals surface area contributed by atoms with Crippen LogP contribution in [0.15, 0.2) is 73.1 Å². The second-order valence-corrected chi connectivity index (χ2v) is 23.0. The molecule has 1 saturated heterocycles. The SMILES string of the molecule is CCCN(CC(C)c1cccc(C(=O)NC(C(=O)NCCOCCOCCNCC(=O)NCCNC[C@@H](C(=O)N2CCN(c3ncnc4c3[C@H](C)C[C@H]4O)CC2)c2ccc(Cl)cc2)C2CCCCC2)c1)C(=O)CNCc1ccc(OC)cc1OCC. The number of anilines is 1. The van der Waals surface area contributed by atoms with E-state index in [4.69, 9.17) is 30.5 Å². The fourth-order valence-corrected chi connectivity index (χ4v) is 11.7. The predicted octanol–water partition coefficient (Wildman–Crippen LogP) is 5.47. The molecule has 4 aromatic rings. The molecule has 3 aromatic carbocycles. The molecule has 0 bridgehead atoms. The van der Waals surface area contributed by atoms with Gasteiger partial charge in [0.15, 0.2) is 0 Å². The lowest BCUT2D eigenvalue weighted by molar-refractivity contribution is -0.133. The van der Waals surface area contributed by atoms with Crippen molar-refractivity contribution in [3.8, 4) is 11.5 Å². The zero-order valence-corrected chi connectivity index (χ0v) is 51.8. The van der Waals surface area contributed by atoms with E-state index in [-0.39, 0.29) is 73.5 Å². The van der Waals surface area contributed by atoms with Gasteiger partial charge in [-0.05, 0) is 91.8 Å². The third-order valence-electron chi connectivity index (χ3n) is 16.3. The van der Waals surface area contributed by atoms with E-state index in [1.54, 1.807) is 25.3 Å². The zero-order chi connectivity index (χ0) is 61.2. The fraction of sp³-hybridized carbons (Fsp3) is 0.578. The van der Waals surface area contributed by atoms with E-state index in [2.05, 4.69) is 60.6 Å². The van der Waals surface area contributed by atoms with Crippen LogP contribution in [0.25, 0.3) is 0 Å². The molecule has 5 amide bonds. The molecule has 7 N–H and O–H groups in total. The highest BCUT2D eigenvalue weighted by molar-refractivity contribution is 6.30. The van der Waals surface area contributed by atoms with Crippen LogP contribution in [0.1, 0.15) is 135 Å². The molecule has 3 aliphatic rings. The number of nitrogens with zero attached hydrogens (tertiary/aromatic N) is 5. The number of carbonyl (C=O) groups excluding carboxylic acids is 5. The number of nitrogens with one attached hydrogen (secondary N) is 6. The van der Waals surface area contributed by atoms with Gasteiger partial charge in [0, 0.05) is 106 Å². The number of hydrogen-bond donors (Lipinski definition) is 7. The van der Waals surface area contributed by atoms with Gasteiger partial charge >= 0.3 is 0 Å². The van der Waals surface area contributed by atoms with Gasteiger partial charge in [-0.1, -0.05) is 82.0 Å². The summed E-state index contributed by atoms with van der Waals surface area (Å²) in [4.78, 5) is 82.7. The summed E-state index contributed by atoms with van der Waals surface area (Å²) in [6.07, 6.45) is 7.17. The number of carbonyl (C=O) groups is 5. The zero-order valence-electron chi connectivity index (χ0n) is 51.0. The average molecular weight is 1210 g/mol. The van der Waals surface area contributed by atoms with Crippen LogP contribution in [-0.4, -0.2) is 186 Å². The number of rotatable bonds is 35. The van der Waals surface area contributed by atoms with Crippen molar-refractivity contribution in [1.82, 2.24) is 51.7 Å². The Kier molecular flexibility index (Phi) is 27.6. The van der Waals surface area contributed by atoms with Crippen LogP contribution in [-0.2, 0) is 35.2 Å². The Balaban J connectivity index is 0.749. The molecular weight excluding hydrogens is 1120 g/mol. The Morgan fingerprint density at radius 1 is 0.814 bits per heavy atom. The number of aliphatic hydroxyl groups excluding tert-OH is 1. The van der Waals surface area contributed by atoms with Gasteiger partial charge in [0.1, 0.15) is 29.7 Å². The fourth-order valence-electron chi connectivity index (χ4n) is 11.6. The lowest BCUT2D eigenvalue weighted by Crippen LogP contribution is -2.51. The van der Waals surface area contributed by atoms with Crippen molar-refractivity contribution in [2.24, 2.45) is 5.92 Å². The van der Waals surface area contributed by atoms with E-state index in [1.807, 2.05) is 72.2 Å². The van der Waals surface area contributed by atoms with Crippen LogP contribution < -0.4 is 46.3 Å². The minimum atomic E-state index is -0.693. The van der Waals surface area contributed by atoms with Crippen molar-refractivity contribution in [2.45, 2.75) is 109 Å². The maximum atomic E-state index is 14.1. The first kappa shape index (κ1) is 67.1. The lowest BCUT2D eigenvalue weighted by atomic mass is 9.83. The van der Waals surface area contributed by atoms with Gasteiger partial charge in [-0.25, -0.2) is 9.97 Å². The largest absolute Gasteiger partial charge is 0.497 e. The van der Waals surface area contributed by atoms with E-state index in [0.29, 0.717) is 127 Å². The van der Waals surface area contributed by atoms with Gasteiger partial charge in [0.05, 0.1) is 70.9 Å². The molecule has 1 aliphatic heterocycles. The van der Waals surface area contributed by atoms with E-state index < -0.39 is 18.1 Å². The predicted molar refractivity (Wildman–Crippen MR) is 332 cm³/mol. The number of benzene rings is 3. The monoisotopic (exact) mass is 1210 g/mol. The highest BCUT2D eigenvalue weighted by Gasteiger charge is 2.36. The molecule has 1 saturated carbocycles. The Hall–Kier alpha value is -6.46. The molecule has 1 aromatic heterocycles.